The first-order valence-corrected chi connectivity index (χ1v) is 9.53. The van der Waals surface area contributed by atoms with Crippen molar-refractivity contribution in [3.63, 3.8) is 0 Å². The minimum atomic E-state index is -3.14. The summed E-state index contributed by atoms with van der Waals surface area (Å²) in [5.41, 5.74) is 1.09. The Hall–Kier alpha value is -0.880. The van der Waals surface area contributed by atoms with Crippen molar-refractivity contribution >= 4 is 31.7 Å². The Balaban J connectivity index is 2.17. The number of carbonyl (C=O) groups excluding carboxylic acids is 1. The minimum Gasteiger partial charge on any atom is -0.465 e. The van der Waals surface area contributed by atoms with Gasteiger partial charge in [-0.2, -0.15) is 0 Å². The first-order valence-electron chi connectivity index (χ1n) is 7.02. The highest BCUT2D eigenvalue weighted by atomic mass is 79.9. The van der Waals surface area contributed by atoms with E-state index in [2.05, 4.69) is 20.7 Å². The predicted octanol–water partition coefficient (Wildman–Crippen LogP) is 3.48. The molecule has 0 N–H and O–H groups in total. The molecule has 0 radical (unpaired) electrons. The monoisotopic (exact) mass is 374 g/mol. The molecule has 4 nitrogen and oxygen atoms in total. The van der Waals surface area contributed by atoms with Crippen molar-refractivity contribution in [1.82, 2.24) is 0 Å². The Kier molecular flexibility index (Phi) is 5.43. The lowest BCUT2D eigenvalue weighted by atomic mass is 10.0. The Morgan fingerprint density at radius 2 is 1.95 bits per heavy atom. The highest BCUT2D eigenvalue weighted by molar-refractivity contribution is 9.10. The summed E-state index contributed by atoms with van der Waals surface area (Å²) >= 11 is 3.35. The van der Waals surface area contributed by atoms with Crippen LogP contribution in [0.3, 0.4) is 0 Å². The second-order valence-electron chi connectivity index (χ2n) is 5.36. The summed E-state index contributed by atoms with van der Waals surface area (Å²) in [4.78, 5) is 11.4. The van der Waals surface area contributed by atoms with E-state index in [-0.39, 0.29) is 11.0 Å². The van der Waals surface area contributed by atoms with E-state index in [1.54, 1.807) is 18.2 Å². The number of hydrogen-bond acceptors (Lipinski definition) is 4. The van der Waals surface area contributed by atoms with Crippen LogP contribution in [0.4, 0.5) is 0 Å². The summed E-state index contributed by atoms with van der Waals surface area (Å²) in [6.07, 6.45) is 4.64. The maximum absolute atomic E-state index is 12.5. The van der Waals surface area contributed by atoms with Crippen LogP contribution < -0.4 is 0 Å². The maximum atomic E-state index is 12.5. The van der Waals surface area contributed by atoms with Crippen LogP contribution >= 0.6 is 15.9 Å². The average molecular weight is 375 g/mol. The van der Waals surface area contributed by atoms with Gasteiger partial charge < -0.3 is 4.74 Å². The number of hydrogen-bond donors (Lipinski definition) is 0. The SMILES string of the molecule is COC(=O)c1ccc(CS(=O)(=O)C2CCCCC2)c(Br)c1. The number of sulfone groups is 1. The van der Waals surface area contributed by atoms with E-state index >= 15 is 0 Å². The molecule has 1 aliphatic carbocycles. The van der Waals surface area contributed by atoms with Crippen LogP contribution in [-0.4, -0.2) is 26.7 Å². The Morgan fingerprint density at radius 1 is 1.29 bits per heavy atom. The van der Waals surface area contributed by atoms with Crippen molar-refractivity contribution in [2.45, 2.75) is 43.1 Å². The molecule has 1 aromatic carbocycles. The highest BCUT2D eigenvalue weighted by Gasteiger charge is 2.28. The molecule has 6 heteroatoms. The normalized spacial score (nSPS) is 16.7. The lowest BCUT2D eigenvalue weighted by Crippen LogP contribution is -2.25. The van der Waals surface area contributed by atoms with E-state index in [0.717, 1.165) is 32.1 Å². The van der Waals surface area contributed by atoms with Gasteiger partial charge in [0.2, 0.25) is 0 Å². The molecule has 1 fully saturated rings. The molecule has 2 rings (SSSR count). The first kappa shape index (κ1) is 16.5. The van der Waals surface area contributed by atoms with Crippen molar-refractivity contribution in [2.75, 3.05) is 7.11 Å². The van der Waals surface area contributed by atoms with Crippen LogP contribution in [0.25, 0.3) is 0 Å². The third kappa shape index (κ3) is 4.07. The fourth-order valence-electron chi connectivity index (χ4n) is 2.67. The molecule has 1 saturated carbocycles. The first-order chi connectivity index (χ1) is 9.94. The molecule has 0 spiro atoms. The molecule has 0 bridgehead atoms. The van der Waals surface area contributed by atoms with Crippen molar-refractivity contribution in [1.29, 1.82) is 0 Å². The van der Waals surface area contributed by atoms with E-state index in [1.165, 1.54) is 7.11 Å². The largest absolute Gasteiger partial charge is 0.465 e. The van der Waals surface area contributed by atoms with Gasteiger partial charge in [0.25, 0.3) is 0 Å². The van der Waals surface area contributed by atoms with Crippen LogP contribution in [-0.2, 0) is 20.3 Å². The molecule has 0 amide bonds. The van der Waals surface area contributed by atoms with Gasteiger partial charge in [0.1, 0.15) is 0 Å². The van der Waals surface area contributed by atoms with E-state index in [1.807, 2.05) is 0 Å². The highest BCUT2D eigenvalue weighted by Crippen LogP contribution is 2.28. The molecule has 21 heavy (non-hydrogen) atoms. The fourth-order valence-corrected chi connectivity index (χ4v) is 5.35. The molecule has 0 aliphatic heterocycles. The van der Waals surface area contributed by atoms with Crippen molar-refractivity contribution < 1.29 is 17.9 Å². The van der Waals surface area contributed by atoms with Crippen LogP contribution in [0.2, 0.25) is 0 Å². The lowest BCUT2D eigenvalue weighted by molar-refractivity contribution is 0.0600. The third-order valence-electron chi connectivity index (χ3n) is 3.89. The molecular weight excluding hydrogens is 356 g/mol. The van der Waals surface area contributed by atoms with E-state index < -0.39 is 15.8 Å². The smallest absolute Gasteiger partial charge is 0.337 e. The minimum absolute atomic E-state index is 0.0136. The van der Waals surface area contributed by atoms with Gasteiger partial charge in [-0.3, -0.25) is 0 Å². The standard InChI is InChI=1S/C15H19BrO4S/c1-20-15(17)11-7-8-12(14(16)9-11)10-21(18,19)13-5-3-2-4-6-13/h7-9,13H,2-6,10H2,1H3. The Bertz CT molecular complexity index is 619. The number of ether oxygens (including phenoxy) is 1. The van der Waals surface area contributed by atoms with Crippen LogP contribution in [0.15, 0.2) is 22.7 Å². The predicted molar refractivity (Wildman–Crippen MR) is 85.0 cm³/mol. The van der Waals surface area contributed by atoms with Crippen LogP contribution in [0.1, 0.15) is 48.0 Å². The zero-order valence-electron chi connectivity index (χ0n) is 12.0. The van der Waals surface area contributed by atoms with Gasteiger partial charge in [0, 0.05) is 4.47 Å². The third-order valence-corrected chi connectivity index (χ3v) is 6.83. The molecule has 116 valence electrons. The fraction of sp³-hybridized carbons (Fsp3) is 0.533. The number of halogens is 1. The number of benzene rings is 1. The molecule has 1 aromatic rings. The van der Waals surface area contributed by atoms with Crippen LogP contribution in [0, 0.1) is 0 Å². The molecule has 0 saturated heterocycles. The molecule has 1 aliphatic rings. The summed E-state index contributed by atoms with van der Waals surface area (Å²) in [6.45, 7) is 0. The van der Waals surface area contributed by atoms with Gasteiger partial charge in [-0.15, -0.1) is 0 Å². The number of methoxy groups -OCH3 is 1. The summed E-state index contributed by atoms with van der Waals surface area (Å²) in [6, 6.07) is 4.89. The second kappa shape index (κ2) is 6.92. The van der Waals surface area contributed by atoms with Gasteiger partial charge in [-0.25, -0.2) is 13.2 Å². The zero-order valence-corrected chi connectivity index (χ0v) is 14.4. The van der Waals surface area contributed by atoms with Gasteiger partial charge in [0.05, 0.1) is 23.7 Å². The number of esters is 1. The Labute approximate surface area is 133 Å². The molecule has 0 aromatic heterocycles. The topological polar surface area (TPSA) is 60.4 Å². The quantitative estimate of drug-likeness (QED) is 0.756. The second-order valence-corrected chi connectivity index (χ2v) is 8.50. The molecule has 0 unspecified atom stereocenters. The van der Waals surface area contributed by atoms with Crippen molar-refractivity contribution in [3.05, 3.63) is 33.8 Å². The van der Waals surface area contributed by atoms with Crippen LogP contribution in [0.5, 0.6) is 0 Å². The van der Waals surface area contributed by atoms with Gasteiger partial charge in [-0.05, 0) is 30.5 Å². The van der Waals surface area contributed by atoms with Gasteiger partial charge in [0.15, 0.2) is 9.84 Å². The van der Waals surface area contributed by atoms with Gasteiger partial charge in [-0.1, -0.05) is 41.3 Å². The number of carbonyl (C=O) groups is 1. The molecular formula is C15H19BrO4S. The zero-order chi connectivity index (χ0) is 15.5. The van der Waals surface area contributed by atoms with E-state index in [9.17, 15) is 13.2 Å². The van der Waals surface area contributed by atoms with E-state index in [4.69, 9.17) is 0 Å². The van der Waals surface area contributed by atoms with E-state index in [0.29, 0.717) is 15.6 Å². The Morgan fingerprint density at radius 3 is 2.52 bits per heavy atom. The van der Waals surface area contributed by atoms with Gasteiger partial charge >= 0.3 is 5.97 Å². The molecule has 0 atom stereocenters. The summed E-state index contributed by atoms with van der Waals surface area (Å²) in [5.74, 6) is -0.419. The summed E-state index contributed by atoms with van der Waals surface area (Å²) in [5, 5.41) is -0.224. The number of rotatable bonds is 4. The lowest BCUT2D eigenvalue weighted by Gasteiger charge is -2.22. The van der Waals surface area contributed by atoms with Crippen molar-refractivity contribution in [2.24, 2.45) is 0 Å². The maximum Gasteiger partial charge on any atom is 0.337 e. The average Bonchev–Trinajstić information content (AvgIpc) is 2.49. The van der Waals surface area contributed by atoms with Crippen molar-refractivity contribution in [3.8, 4) is 0 Å². The molecule has 0 heterocycles. The summed E-state index contributed by atoms with van der Waals surface area (Å²) in [7, 11) is -1.83. The summed E-state index contributed by atoms with van der Waals surface area (Å²) < 4.78 is 30.2.